The van der Waals surface area contributed by atoms with Gasteiger partial charge in [0.1, 0.15) is 0 Å². The molecule has 0 aliphatic heterocycles. The predicted octanol–water partition coefficient (Wildman–Crippen LogP) is 1.28. The standard InChI is InChI=1S/C13H21NO4/c1-8-10-4-3-5-13(8,9(10)2)14(6-11(15)16)7-12(17)18/h8-10H,3-7H2,1-2H3,(H,15,16)(H,17,18)/t8-,9?,10?,13?/m0/s1. The van der Waals surface area contributed by atoms with Crippen LogP contribution in [0.15, 0.2) is 0 Å². The molecule has 0 aromatic rings. The van der Waals surface area contributed by atoms with Gasteiger partial charge in [0.05, 0.1) is 13.1 Å². The van der Waals surface area contributed by atoms with Crippen molar-refractivity contribution >= 4 is 11.9 Å². The fraction of sp³-hybridized carbons (Fsp3) is 0.846. The third-order valence-corrected chi connectivity index (χ3v) is 5.22. The Kier molecular flexibility index (Phi) is 3.36. The average molecular weight is 255 g/mol. The molecule has 3 aliphatic rings. The molecule has 4 atom stereocenters. The molecule has 0 saturated heterocycles. The van der Waals surface area contributed by atoms with Gasteiger partial charge in [0.25, 0.3) is 0 Å². The molecule has 3 fully saturated rings. The summed E-state index contributed by atoms with van der Waals surface area (Å²) in [5.41, 5.74) is -0.209. The SMILES string of the molecule is CC1C2CCCC1(N(CC(=O)O)CC(=O)O)[C@H]2C. The Morgan fingerprint density at radius 1 is 1.17 bits per heavy atom. The number of carbonyl (C=O) groups is 2. The number of hydrogen-bond donors (Lipinski definition) is 2. The molecule has 0 radical (unpaired) electrons. The lowest BCUT2D eigenvalue weighted by Crippen LogP contribution is -2.72. The first-order valence-electron chi connectivity index (χ1n) is 6.58. The van der Waals surface area contributed by atoms with Gasteiger partial charge in [0.15, 0.2) is 0 Å². The van der Waals surface area contributed by atoms with Gasteiger partial charge >= 0.3 is 11.9 Å². The zero-order valence-corrected chi connectivity index (χ0v) is 10.9. The minimum absolute atomic E-state index is 0.173. The Morgan fingerprint density at radius 3 is 2.06 bits per heavy atom. The Labute approximate surface area is 107 Å². The highest BCUT2D eigenvalue weighted by Gasteiger charge is 2.62. The van der Waals surface area contributed by atoms with E-state index in [0.29, 0.717) is 17.8 Å². The van der Waals surface area contributed by atoms with Crippen LogP contribution in [0.2, 0.25) is 0 Å². The summed E-state index contributed by atoms with van der Waals surface area (Å²) in [7, 11) is 0. The molecule has 5 nitrogen and oxygen atoms in total. The zero-order valence-electron chi connectivity index (χ0n) is 10.9. The summed E-state index contributed by atoms with van der Waals surface area (Å²) in [5.74, 6) is -0.457. The third-order valence-electron chi connectivity index (χ3n) is 5.22. The van der Waals surface area contributed by atoms with Crippen molar-refractivity contribution in [2.24, 2.45) is 17.8 Å². The molecule has 18 heavy (non-hydrogen) atoms. The van der Waals surface area contributed by atoms with Crippen molar-refractivity contribution < 1.29 is 19.8 Å². The molecule has 5 heteroatoms. The molecule has 102 valence electrons. The second-order valence-corrected chi connectivity index (χ2v) is 5.77. The largest absolute Gasteiger partial charge is 0.480 e. The van der Waals surface area contributed by atoms with Crippen molar-refractivity contribution in [3.63, 3.8) is 0 Å². The third kappa shape index (κ3) is 1.81. The number of nitrogens with zero attached hydrogens (tertiary/aromatic N) is 1. The molecular weight excluding hydrogens is 234 g/mol. The van der Waals surface area contributed by atoms with Crippen LogP contribution < -0.4 is 0 Å². The van der Waals surface area contributed by atoms with Gasteiger partial charge in [-0.1, -0.05) is 20.3 Å². The van der Waals surface area contributed by atoms with Crippen molar-refractivity contribution in [3.05, 3.63) is 0 Å². The van der Waals surface area contributed by atoms with Crippen LogP contribution in [0.3, 0.4) is 0 Å². The van der Waals surface area contributed by atoms with Crippen LogP contribution in [0.5, 0.6) is 0 Å². The maximum atomic E-state index is 11.0. The van der Waals surface area contributed by atoms with E-state index in [9.17, 15) is 9.59 Å². The number of rotatable bonds is 5. The Morgan fingerprint density at radius 2 is 1.67 bits per heavy atom. The predicted molar refractivity (Wildman–Crippen MR) is 65.2 cm³/mol. The Balaban J connectivity index is 2.23. The van der Waals surface area contributed by atoms with E-state index in [-0.39, 0.29) is 18.6 Å². The molecule has 0 heterocycles. The van der Waals surface area contributed by atoms with Gasteiger partial charge in [-0.25, -0.2) is 0 Å². The minimum atomic E-state index is -0.945. The summed E-state index contributed by atoms with van der Waals surface area (Å²) >= 11 is 0. The van der Waals surface area contributed by atoms with Crippen LogP contribution in [0.4, 0.5) is 0 Å². The first-order valence-corrected chi connectivity index (χ1v) is 6.58. The number of carboxylic acids is 2. The van der Waals surface area contributed by atoms with Crippen LogP contribution in [0.1, 0.15) is 33.1 Å². The molecule has 3 saturated carbocycles. The van der Waals surface area contributed by atoms with Crippen LogP contribution in [-0.4, -0.2) is 45.7 Å². The van der Waals surface area contributed by atoms with E-state index in [2.05, 4.69) is 13.8 Å². The smallest absolute Gasteiger partial charge is 0.317 e. The molecule has 2 N–H and O–H groups in total. The maximum Gasteiger partial charge on any atom is 0.317 e. The molecule has 0 amide bonds. The first kappa shape index (κ1) is 13.3. The van der Waals surface area contributed by atoms with Gasteiger partial charge in [0.2, 0.25) is 0 Å². The summed E-state index contributed by atoms with van der Waals surface area (Å²) in [4.78, 5) is 23.6. The molecule has 3 rings (SSSR count). The number of hydrogen-bond acceptors (Lipinski definition) is 3. The highest BCUT2D eigenvalue weighted by molar-refractivity contribution is 5.73. The van der Waals surface area contributed by atoms with Crippen molar-refractivity contribution in [2.45, 2.75) is 38.6 Å². The average Bonchev–Trinajstić information content (AvgIpc) is 2.28. The van der Waals surface area contributed by atoms with Gasteiger partial charge in [-0.3, -0.25) is 14.5 Å². The first-order chi connectivity index (χ1) is 8.39. The molecule has 0 spiro atoms. The lowest BCUT2D eigenvalue weighted by molar-refractivity contribution is -0.185. The van der Waals surface area contributed by atoms with E-state index < -0.39 is 11.9 Å². The molecule has 2 bridgehead atoms. The van der Waals surface area contributed by atoms with Crippen molar-refractivity contribution in [1.82, 2.24) is 4.90 Å². The van der Waals surface area contributed by atoms with E-state index in [1.165, 1.54) is 6.42 Å². The lowest BCUT2D eigenvalue weighted by Gasteiger charge is -2.67. The molecule has 0 aromatic carbocycles. The van der Waals surface area contributed by atoms with Crippen LogP contribution in [0.25, 0.3) is 0 Å². The monoisotopic (exact) mass is 255 g/mol. The second kappa shape index (κ2) is 4.53. The topological polar surface area (TPSA) is 77.8 Å². The summed E-state index contributed by atoms with van der Waals surface area (Å²) in [6.45, 7) is 3.93. The quantitative estimate of drug-likeness (QED) is 0.773. The van der Waals surface area contributed by atoms with Gasteiger partial charge in [-0.15, -0.1) is 0 Å². The molecule has 0 aromatic heterocycles. The van der Waals surface area contributed by atoms with Gasteiger partial charge in [-0.2, -0.15) is 0 Å². The van der Waals surface area contributed by atoms with Gasteiger partial charge in [-0.05, 0) is 30.6 Å². The summed E-state index contributed by atoms with van der Waals surface area (Å²) in [5, 5.41) is 18.0. The summed E-state index contributed by atoms with van der Waals surface area (Å²) < 4.78 is 0. The van der Waals surface area contributed by atoms with E-state index in [0.717, 1.165) is 12.8 Å². The Bertz CT molecular complexity index is 342. The van der Waals surface area contributed by atoms with E-state index in [1.807, 2.05) is 0 Å². The fourth-order valence-corrected chi connectivity index (χ4v) is 4.46. The molecule has 3 aliphatic carbocycles. The van der Waals surface area contributed by atoms with Crippen molar-refractivity contribution in [1.29, 1.82) is 0 Å². The normalized spacial score (nSPS) is 38.3. The maximum absolute atomic E-state index is 11.0. The van der Waals surface area contributed by atoms with E-state index >= 15 is 0 Å². The van der Waals surface area contributed by atoms with E-state index in [4.69, 9.17) is 10.2 Å². The fourth-order valence-electron chi connectivity index (χ4n) is 4.46. The van der Waals surface area contributed by atoms with Crippen LogP contribution >= 0.6 is 0 Å². The van der Waals surface area contributed by atoms with E-state index in [1.54, 1.807) is 4.90 Å². The second-order valence-electron chi connectivity index (χ2n) is 5.77. The number of aliphatic carboxylic acids is 2. The van der Waals surface area contributed by atoms with Crippen LogP contribution in [-0.2, 0) is 9.59 Å². The molecule has 3 unspecified atom stereocenters. The van der Waals surface area contributed by atoms with Crippen LogP contribution in [0, 0.1) is 17.8 Å². The summed E-state index contributed by atoms with van der Waals surface area (Å²) in [6, 6.07) is 0. The number of carboxylic acid groups (broad SMARTS) is 2. The van der Waals surface area contributed by atoms with Crippen molar-refractivity contribution in [2.75, 3.05) is 13.1 Å². The Hall–Kier alpha value is -1.10. The minimum Gasteiger partial charge on any atom is -0.480 e. The highest BCUT2D eigenvalue weighted by atomic mass is 16.4. The number of fused-ring (bicyclic) bond motifs is 2. The summed E-state index contributed by atoms with van der Waals surface area (Å²) in [6.07, 6.45) is 3.19. The van der Waals surface area contributed by atoms with Gasteiger partial charge < -0.3 is 10.2 Å². The molecular formula is C13H21NO4. The lowest BCUT2D eigenvalue weighted by atomic mass is 9.46. The highest BCUT2D eigenvalue weighted by Crippen LogP contribution is 2.60. The van der Waals surface area contributed by atoms with Gasteiger partial charge in [0, 0.05) is 5.54 Å². The zero-order chi connectivity index (χ0) is 13.5. The van der Waals surface area contributed by atoms with Crippen molar-refractivity contribution in [3.8, 4) is 0 Å².